The number of hydrogen-bond acceptors (Lipinski definition) is 1. The third-order valence-electron chi connectivity index (χ3n) is 0.727. The predicted octanol–water partition coefficient (Wildman–Crippen LogP) is 1.57. The van der Waals surface area contributed by atoms with E-state index in [9.17, 15) is 18.0 Å². The highest BCUT2D eigenvalue weighted by atomic mass is 79.9. The average Bonchev–Trinajstić information content (AvgIpc) is 1.86. The number of halogens is 4. The average molecular weight is 232 g/mol. The normalized spacial score (nSPS) is 12.0. The van der Waals surface area contributed by atoms with Gasteiger partial charge >= 0.3 is 12.1 Å². The molecule has 6 heteroatoms. The summed E-state index contributed by atoms with van der Waals surface area (Å²) in [7, 11) is 0. The Balaban J connectivity index is 3.71. The summed E-state index contributed by atoms with van der Waals surface area (Å²) in [6, 6.07) is 0. The first-order chi connectivity index (χ1) is 4.98. The molecule has 0 aromatic heterocycles. The van der Waals surface area contributed by atoms with Crippen LogP contribution in [-0.2, 0) is 4.79 Å². The summed E-state index contributed by atoms with van der Waals surface area (Å²) in [6.45, 7) is -0.135. The van der Waals surface area contributed by atoms with Gasteiger partial charge in [0.2, 0.25) is 0 Å². The van der Waals surface area contributed by atoms with Crippen molar-refractivity contribution in [3.8, 4) is 0 Å². The van der Waals surface area contributed by atoms with E-state index in [0.717, 1.165) is 0 Å². The molecule has 0 aliphatic heterocycles. The van der Waals surface area contributed by atoms with E-state index in [1.165, 1.54) is 11.1 Å². The van der Waals surface area contributed by atoms with E-state index in [-0.39, 0.29) is 6.54 Å². The number of amides is 1. The van der Waals surface area contributed by atoms with Crippen molar-refractivity contribution in [3.63, 3.8) is 0 Å². The minimum Gasteiger partial charge on any atom is -0.345 e. The number of nitrogens with one attached hydrogen (secondary N) is 1. The Kier molecular flexibility index (Phi) is 4.17. The molecule has 2 nitrogen and oxygen atoms in total. The zero-order valence-electron chi connectivity index (χ0n) is 5.28. The standard InChI is InChI=1S/C5H5BrF3NO/c6-2-1-3-10-4(11)5(7,8)9/h1-2H,3H2,(H,10,11). The molecule has 1 amide bonds. The second kappa shape index (κ2) is 4.38. The van der Waals surface area contributed by atoms with Gasteiger partial charge < -0.3 is 5.32 Å². The topological polar surface area (TPSA) is 29.1 Å². The van der Waals surface area contributed by atoms with E-state index < -0.39 is 12.1 Å². The zero-order valence-corrected chi connectivity index (χ0v) is 6.87. The lowest BCUT2D eigenvalue weighted by molar-refractivity contribution is -0.173. The smallest absolute Gasteiger partial charge is 0.345 e. The fourth-order valence-corrected chi connectivity index (χ4v) is 0.483. The first-order valence-electron chi connectivity index (χ1n) is 2.58. The summed E-state index contributed by atoms with van der Waals surface area (Å²) in [5, 5.41) is 1.64. The van der Waals surface area contributed by atoms with Crippen LogP contribution in [0.4, 0.5) is 13.2 Å². The van der Waals surface area contributed by atoms with Gasteiger partial charge in [0.25, 0.3) is 0 Å². The van der Waals surface area contributed by atoms with Gasteiger partial charge in [-0.05, 0) is 4.99 Å². The van der Waals surface area contributed by atoms with E-state index in [0.29, 0.717) is 0 Å². The maximum absolute atomic E-state index is 11.4. The molecule has 0 saturated heterocycles. The lowest BCUT2D eigenvalue weighted by atomic mass is 10.5. The summed E-state index contributed by atoms with van der Waals surface area (Å²) in [5.74, 6) is -1.93. The molecule has 0 fully saturated rings. The van der Waals surface area contributed by atoms with Gasteiger partial charge in [-0.2, -0.15) is 13.2 Å². The Morgan fingerprint density at radius 2 is 2.09 bits per heavy atom. The van der Waals surface area contributed by atoms with Crippen molar-refractivity contribution in [2.24, 2.45) is 0 Å². The highest BCUT2D eigenvalue weighted by molar-refractivity contribution is 9.11. The van der Waals surface area contributed by atoms with E-state index in [1.54, 1.807) is 5.32 Å². The van der Waals surface area contributed by atoms with Gasteiger partial charge in [-0.15, -0.1) is 0 Å². The molecule has 64 valence electrons. The Labute approximate surface area is 69.6 Å². The van der Waals surface area contributed by atoms with Crippen LogP contribution in [0.25, 0.3) is 0 Å². The van der Waals surface area contributed by atoms with Gasteiger partial charge in [-0.25, -0.2) is 0 Å². The Hall–Kier alpha value is -0.520. The molecule has 0 radical (unpaired) electrons. The van der Waals surface area contributed by atoms with Crippen molar-refractivity contribution in [1.29, 1.82) is 0 Å². The van der Waals surface area contributed by atoms with Gasteiger partial charge in [-0.3, -0.25) is 4.79 Å². The highest BCUT2D eigenvalue weighted by Crippen LogP contribution is 2.13. The maximum atomic E-state index is 11.4. The predicted molar refractivity (Wildman–Crippen MR) is 37.1 cm³/mol. The van der Waals surface area contributed by atoms with E-state index in [4.69, 9.17) is 0 Å². The molecule has 0 aromatic carbocycles. The largest absolute Gasteiger partial charge is 0.471 e. The summed E-state index contributed by atoms with van der Waals surface area (Å²) in [4.78, 5) is 11.4. The number of rotatable bonds is 2. The van der Waals surface area contributed by atoms with Crippen LogP contribution in [-0.4, -0.2) is 18.6 Å². The molecule has 0 unspecified atom stereocenters. The maximum Gasteiger partial charge on any atom is 0.471 e. The minimum absolute atomic E-state index is 0.135. The molecule has 0 saturated carbocycles. The van der Waals surface area contributed by atoms with Crippen LogP contribution in [0.5, 0.6) is 0 Å². The molecular weight excluding hydrogens is 227 g/mol. The summed E-state index contributed by atoms with van der Waals surface area (Å²) in [5.41, 5.74) is 0. The fraction of sp³-hybridized carbons (Fsp3) is 0.400. The molecule has 11 heavy (non-hydrogen) atoms. The van der Waals surface area contributed by atoms with Gasteiger partial charge in [0.1, 0.15) is 0 Å². The van der Waals surface area contributed by atoms with Gasteiger partial charge in [0.15, 0.2) is 0 Å². The molecule has 0 aliphatic carbocycles. The SMILES string of the molecule is O=C(NCC=CBr)C(F)(F)F. The zero-order chi connectivity index (χ0) is 8.91. The van der Waals surface area contributed by atoms with Crippen LogP contribution in [0.2, 0.25) is 0 Å². The van der Waals surface area contributed by atoms with E-state index >= 15 is 0 Å². The summed E-state index contributed by atoms with van der Waals surface area (Å²) in [6.07, 6.45) is -3.45. The Morgan fingerprint density at radius 3 is 2.45 bits per heavy atom. The van der Waals surface area contributed by atoms with Crippen molar-refractivity contribution in [1.82, 2.24) is 5.32 Å². The van der Waals surface area contributed by atoms with Gasteiger partial charge in [-0.1, -0.05) is 22.0 Å². The van der Waals surface area contributed by atoms with E-state index in [2.05, 4.69) is 15.9 Å². The Morgan fingerprint density at radius 1 is 1.55 bits per heavy atom. The fourth-order valence-electron chi connectivity index (χ4n) is 0.296. The van der Waals surface area contributed by atoms with Crippen LogP contribution in [0.3, 0.4) is 0 Å². The third-order valence-corrected chi connectivity index (χ3v) is 1.10. The molecule has 0 heterocycles. The van der Waals surface area contributed by atoms with Crippen molar-refractivity contribution in [3.05, 3.63) is 11.1 Å². The number of carbonyl (C=O) groups is 1. The monoisotopic (exact) mass is 231 g/mol. The van der Waals surface area contributed by atoms with Crippen LogP contribution in [0.15, 0.2) is 11.1 Å². The van der Waals surface area contributed by atoms with Crippen LogP contribution >= 0.6 is 15.9 Å². The summed E-state index contributed by atoms with van der Waals surface area (Å²) >= 11 is 2.84. The molecule has 0 aromatic rings. The summed E-state index contributed by atoms with van der Waals surface area (Å²) < 4.78 is 34.3. The molecule has 0 spiro atoms. The Bertz CT molecular complexity index is 166. The number of hydrogen-bond donors (Lipinski definition) is 1. The van der Waals surface area contributed by atoms with Crippen molar-refractivity contribution < 1.29 is 18.0 Å². The van der Waals surface area contributed by atoms with Crippen LogP contribution in [0, 0.1) is 0 Å². The number of carbonyl (C=O) groups excluding carboxylic acids is 1. The van der Waals surface area contributed by atoms with Gasteiger partial charge in [0, 0.05) is 6.54 Å². The van der Waals surface area contributed by atoms with Gasteiger partial charge in [0.05, 0.1) is 0 Å². The quantitative estimate of drug-likeness (QED) is 0.769. The first kappa shape index (κ1) is 10.5. The lowest BCUT2D eigenvalue weighted by Crippen LogP contribution is -2.36. The lowest BCUT2D eigenvalue weighted by Gasteiger charge is -2.04. The molecule has 0 bridgehead atoms. The van der Waals surface area contributed by atoms with Crippen LogP contribution in [0.1, 0.15) is 0 Å². The van der Waals surface area contributed by atoms with Crippen molar-refractivity contribution >= 4 is 21.8 Å². The third kappa shape index (κ3) is 4.83. The van der Waals surface area contributed by atoms with Crippen molar-refractivity contribution in [2.45, 2.75) is 6.18 Å². The first-order valence-corrected chi connectivity index (χ1v) is 3.50. The van der Waals surface area contributed by atoms with Crippen LogP contribution < -0.4 is 5.32 Å². The van der Waals surface area contributed by atoms with E-state index in [1.807, 2.05) is 0 Å². The molecule has 1 N–H and O–H groups in total. The molecular formula is C5H5BrF3NO. The number of alkyl halides is 3. The molecule has 0 atom stereocenters. The minimum atomic E-state index is -4.79. The highest BCUT2D eigenvalue weighted by Gasteiger charge is 2.37. The molecule has 0 aliphatic rings. The van der Waals surface area contributed by atoms with Crippen molar-refractivity contribution in [2.75, 3.05) is 6.54 Å². The second-order valence-electron chi connectivity index (χ2n) is 1.57. The molecule has 0 rings (SSSR count). The second-order valence-corrected chi connectivity index (χ2v) is 2.10.